The number of carbonyl (C=O) groups is 2. The number of amides is 3. The van der Waals surface area contributed by atoms with Crippen LogP contribution in [0.3, 0.4) is 0 Å². The van der Waals surface area contributed by atoms with Gasteiger partial charge < -0.3 is 9.88 Å². The number of hydrogen-bond donors (Lipinski definition) is 1. The molecule has 3 amide bonds. The molecule has 5 nitrogen and oxygen atoms in total. The molecule has 6 heteroatoms. The summed E-state index contributed by atoms with van der Waals surface area (Å²) in [7, 11) is 0. The Labute approximate surface area is 161 Å². The Hall–Kier alpha value is -3.31. The quantitative estimate of drug-likeness (QED) is 0.546. The summed E-state index contributed by atoms with van der Waals surface area (Å²) in [5, 5.41) is 3.27. The highest BCUT2D eigenvalue weighted by Crippen LogP contribution is 2.20. The zero-order valence-electron chi connectivity index (χ0n) is 14.3. The molecule has 0 unspecified atom stereocenters. The standard InChI is InChI=1S/C21H16ClN3O2/c22-16-10-8-15(9-11-16)14-25-20(26)19(23-21(25)27)13-18-7-4-12-24(18)17-5-2-1-3-6-17/h1-13H,14H2,(H,23,27). The molecule has 1 aliphatic heterocycles. The average Bonchev–Trinajstić information content (AvgIpc) is 3.24. The Morgan fingerprint density at radius 3 is 2.41 bits per heavy atom. The molecular formula is C21H16ClN3O2. The molecule has 134 valence electrons. The number of urea groups is 1. The summed E-state index contributed by atoms with van der Waals surface area (Å²) in [5.74, 6) is -0.351. The molecule has 0 saturated carbocycles. The van der Waals surface area contributed by atoms with E-state index in [-0.39, 0.29) is 18.1 Å². The molecule has 1 aliphatic rings. The second-order valence-electron chi connectivity index (χ2n) is 6.14. The number of nitrogens with zero attached hydrogens (tertiary/aromatic N) is 2. The number of aromatic nitrogens is 1. The molecule has 1 aromatic heterocycles. The van der Waals surface area contributed by atoms with E-state index in [4.69, 9.17) is 11.6 Å². The van der Waals surface area contributed by atoms with E-state index in [1.165, 1.54) is 4.90 Å². The number of para-hydroxylation sites is 1. The van der Waals surface area contributed by atoms with Crippen molar-refractivity contribution < 1.29 is 9.59 Å². The predicted octanol–water partition coefficient (Wildman–Crippen LogP) is 4.22. The summed E-state index contributed by atoms with van der Waals surface area (Å²) in [6, 6.07) is 20.2. The van der Waals surface area contributed by atoms with E-state index < -0.39 is 6.03 Å². The molecular weight excluding hydrogens is 362 g/mol. The molecule has 27 heavy (non-hydrogen) atoms. The van der Waals surface area contributed by atoms with Crippen LogP contribution in [0.25, 0.3) is 11.8 Å². The van der Waals surface area contributed by atoms with E-state index >= 15 is 0 Å². The van der Waals surface area contributed by atoms with Crippen LogP contribution in [0, 0.1) is 0 Å². The summed E-state index contributed by atoms with van der Waals surface area (Å²) in [4.78, 5) is 26.2. The SMILES string of the molecule is O=C1NC(=Cc2cccn2-c2ccccc2)C(=O)N1Cc1ccc(Cl)cc1. The third kappa shape index (κ3) is 3.50. The number of nitrogens with one attached hydrogen (secondary N) is 1. The van der Waals surface area contributed by atoms with Crippen LogP contribution in [0.5, 0.6) is 0 Å². The van der Waals surface area contributed by atoms with Crippen LogP contribution in [0.1, 0.15) is 11.3 Å². The van der Waals surface area contributed by atoms with Gasteiger partial charge in [-0.1, -0.05) is 41.9 Å². The fraction of sp³-hybridized carbons (Fsp3) is 0.0476. The molecule has 1 N–H and O–H groups in total. The lowest BCUT2D eigenvalue weighted by Crippen LogP contribution is -2.30. The summed E-state index contributed by atoms with van der Waals surface area (Å²) in [6.07, 6.45) is 3.60. The highest BCUT2D eigenvalue weighted by Gasteiger charge is 2.33. The maximum Gasteiger partial charge on any atom is 0.329 e. The van der Waals surface area contributed by atoms with Crippen LogP contribution in [-0.4, -0.2) is 21.4 Å². The first-order valence-corrected chi connectivity index (χ1v) is 8.81. The van der Waals surface area contributed by atoms with Crippen molar-refractivity contribution in [2.45, 2.75) is 6.54 Å². The maximum atomic E-state index is 12.7. The normalized spacial score (nSPS) is 15.4. The fourth-order valence-electron chi connectivity index (χ4n) is 2.97. The Bertz CT molecular complexity index is 1020. The van der Waals surface area contributed by atoms with Gasteiger partial charge in [0, 0.05) is 22.6 Å². The molecule has 1 saturated heterocycles. The Morgan fingerprint density at radius 1 is 0.926 bits per heavy atom. The minimum Gasteiger partial charge on any atom is -0.317 e. The van der Waals surface area contributed by atoms with Crippen molar-refractivity contribution in [2.75, 3.05) is 0 Å². The number of halogens is 1. The molecule has 2 aromatic carbocycles. The third-order valence-corrected chi connectivity index (χ3v) is 4.58. The zero-order chi connectivity index (χ0) is 18.8. The molecule has 1 fully saturated rings. The minimum absolute atomic E-state index is 0.193. The predicted molar refractivity (Wildman–Crippen MR) is 104 cm³/mol. The molecule has 0 bridgehead atoms. The van der Waals surface area contributed by atoms with Gasteiger partial charge in [0.05, 0.1) is 6.54 Å². The van der Waals surface area contributed by atoms with Crippen molar-refractivity contribution in [3.05, 3.63) is 94.9 Å². The van der Waals surface area contributed by atoms with Crippen LogP contribution in [-0.2, 0) is 11.3 Å². The first-order valence-electron chi connectivity index (χ1n) is 8.43. The average molecular weight is 378 g/mol. The second kappa shape index (κ2) is 7.13. The summed E-state index contributed by atoms with van der Waals surface area (Å²) < 4.78 is 1.95. The van der Waals surface area contributed by atoms with Gasteiger partial charge in [-0.25, -0.2) is 4.79 Å². The zero-order valence-corrected chi connectivity index (χ0v) is 15.1. The van der Waals surface area contributed by atoms with E-state index in [0.717, 1.165) is 16.9 Å². The summed E-state index contributed by atoms with van der Waals surface area (Å²) in [5.41, 5.74) is 2.86. The molecule has 3 aromatic rings. The van der Waals surface area contributed by atoms with Gasteiger partial charge in [-0.15, -0.1) is 0 Å². The molecule has 0 radical (unpaired) electrons. The Kier molecular flexibility index (Phi) is 4.52. The number of rotatable bonds is 4. The molecule has 0 aliphatic carbocycles. The topological polar surface area (TPSA) is 54.3 Å². The van der Waals surface area contributed by atoms with Crippen LogP contribution < -0.4 is 5.32 Å². The van der Waals surface area contributed by atoms with Gasteiger partial charge in [-0.05, 0) is 48.0 Å². The van der Waals surface area contributed by atoms with Crippen molar-refractivity contribution >= 4 is 29.6 Å². The van der Waals surface area contributed by atoms with Crippen molar-refractivity contribution in [3.8, 4) is 5.69 Å². The maximum absolute atomic E-state index is 12.7. The van der Waals surface area contributed by atoms with E-state index in [1.807, 2.05) is 53.2 Å². The van der Waals surface area contributed by atoms with Gasteiger partial charge in [0.25, 0.3) is 5.91 Å². The van der Waals surface area contributed by atoms with Gasteiger partial charge in [-0.3, -0.25) is 9.69 Å². The van der Waals surface area contributed by atoms with Crippen molar-refractivity contribution in [1.29, 1.82) is 0 Å². The molecule has 0 atom stereocenters. The van der Waals surface area contributed by atoms with Crippen molar-refractivity contribution in [2.24, 2.45) is 0 Å². The van der Waals surface area contributed by atoms with Crippen LogP contribution in [0.4, 0.5) is 4.79 Å². The Morgan fingerprint density at radius 2 is 1.67 bits per heavy atom. The van der Waals surface area contributed by atoms with Crippen molar-refractivity contribution in [1.82, 2.24) is 14.8 Å². The van der Waals surface area contributed by atoms with Gasteiger partial charge in [-0.2, -0.15) is 0 Å². The first-order chi connectivity index (χ1) is 13.1. The van der Waals surface area contributed by atoms with Crippen LogP contribution in [0.15, 0.2) is 78.6 Å². The van der Waals surface area contributed by atoms with Gasteiger partial charge in [0.1, 0.15) is 5.70 Å². The van der Waals surface area contributed by atoms with Gasteiger partial charge in [0.15, 0.2) is 0 Å². The number of hydrogen-bond acceptors (Lipinski definition) is 2. The lowest BCUT2D eigenvalue weighted by Gasteiger charge is -2.11. The fourth-order valence-corrected chi connectivity index (χ4v) is 3.10. The highest BCUT2D eigenvalue weighted by molar-refractivity contribution is 6.30. The largest absolute Gasteiger partial charge is 0.329 e. The smallest absolute Gasteiger partial charge is 0.317 e. The molecule has 2 heterocycles. The lowest BCUT2D eigenvalue weighted by molar-refractivity contribution is -0.123. The number of carbonyl (C=O) groups excluding carboxylic acids is 2. The van der Waals surface area contributed by atoms with E-state index in [9.17, 15) is 9.59 Å². The minimum atomic E-state index is -0.431. The second-order valence-corrected chi connectivity index (χ2v) is 6.58. The lowest BCUT2D eigenvalue weighted by atomic mass is 10.2. The van der Waals surface area contributed by atoms with Crippen molar-refractivity contribution in [3.63, 3.8) is 0 Å². The van der Waals surface area contributed by atoms with E-state index in [1.54, 1.807) is 30.3 Å². The highest BCUT2D eigenvalue weighted by atomic mass is 35.5. The van der Waals surface area contributed by atoms with Crippen LogP contribution in [0.2, 0.25) is 5.02 Å². The van der Waals surface area contributed by atoms with Crippen LogP contribution >= 0.6 is 11.6 Å². The van der Waals surface area contributed by atoms with E-state index in [0.29, 0.717) is 5.02 Å². The van der Waals surface area contributed by atoms with Gasteiger partial charge in [0.2, 0.25) is 0 Å². The van der Waals surface area contributed by atoms with E-state index in [2.05, 4.69) is 5.32 Å². The third-order valence-electron chi connectivity index (χ3n) is 4.32. The monoisotopic (exact) mass is 377 g/mol. The first kappa shape index (κ1) is 17.1. The number of benzene rings is 2. The summed E-state index contributed by atoms with van der Waals surface area (Å²) >= 11 is 5.88. The molecule has 4 rings (SSSR count). The summed E-state index contributed by atoms with van der Waals surface area (Å²) in [6.45, 7) is 0.193. The number of imide groups is 1. The van der Waals surface area contributed by atoms with Gasteiger partial charge >= 0.3 is 6.03 Å². The molecule has 0 spiro atoms. The Balaban J connectivity index is 1.59.